The third-order valence-electron chi connectivity index (χ3n) is 2.42. The minimum Gasteiger partial charge on any atom is -0.0876 e. The zero-order valence-corrected chi connectivity index (χ0v) is 9.91. The first-order chi connectivity index (χ1) is 5.81. The van der Waals surface area contributed by atoms with Crippen LogP contribution >= 0.6 is 31.9 Å². The van der Waals surface area contributed by atoms with E-state index in [9.17, 15) is 0 Å². The Balaban J connectivity index is 2.55. The topological polar surface area (TPSA) is 0 Å². The molecule has 0 saturated heterocycles. The summed E-state index contributed by atoms with van der Waals surface area (Å²) in [4.78, 5) is 0. The van der Waals surface area contributed by atoms with Gasteiger partial charge in [-0.1, -0.05) is 31.9 Å². The number of benzene rings is 1. The maximum Gasteiger partial charge on any atom is 0.0286 e. The SMILES string of the molecule is BrCc1cc(Br)cc2c1CCC2. The Morgan fingerprint density at radius 1 is 1.25 bits per heavy atom. The minimum atomic E-state index is 0.981. The number of halogens is 2. The average molecular weight is 290 g/mol. The molecule has 0 heterocycles. The van der Waals surface area contributed by atoms with Crippen molar-refractivity contribution in [1.82, 2.24) is 0 Å². The van der Waals surface area contributed by atoms with Gasteiger partial charge in [-0.15, -0.1) is 0 Å². The summed E-state index contributed by atoms with van der Waals surface area (Å²) in [5.41, 5.74) is 4.57. The number of hydrogen-bond acceptors (Lipinski definition) is 0. The molecule has 1 aromatic rings. The summed E-state index contributed by atoms with van der Waals surface area (Å²) in [6.07, 6.45) is 3.85. The number of aryl methyl sites for hydroxylation is 1. The predicted molar refractivity (Wildman–Crippen MR) is 58.8 cm³/mol. The molecule has 1 aliphatic rings. The highest BCUT2D eigenvalue weighted by molar-refractivity contribution is 9.10. The molecule has 2 rings (SSSR count). The van der Waals surface area contributed by atoms with E-state index in [-0.39, 0.29) is 0 Å². The van der Waals surface area contributed by atoms with Gasteiger partial charge in [0.2, 0.25) is 0 Å². The lowest BCUT2D eigenvalue weighted by molar-refractivity contribution is 0.909. The molecular formula is C10H10Br2. The molecule has 1 aromatic carbocycles. The van der Waals surface area contributed by atoms with E-state index in [0.29, 0.717) is 0 Å². The average Bonchev–Trinajstić information content (AvgIpc) is 2.50. The van der Waals surface area contributed by atoms with E-state index in [2.05, 4.69) is 44.0 Å². The minimum absolute atomic E-state index is 0.981. The van der Waals surface area contributed by atoms with Gasteiger partial charge in [-0.25, -0.2) is 0 Å². The van der Waals surface area contributed by atoms with Crippen LogP contribution in [-0.2, 0) is 18.2 Å². The molecular weight excluding hydrogens is 280 g/mol. The molecule has 64 valence electrons. The molecule has 0 atom stereocenters. The van der Waals surface area contributed by atoms with Crippen LogP contribution in [0.5, 0.6) is 0 Å². The van der Waals surface area contributed by atoms with Crippen LogP contribution in [-0.4, -0.2) is 0 Å². The van der Waals surface area contributed by atoms with Crippen LogP contribution < -0.4 is 0 Å². The summed E-state index contributed by atoms with van der Waals surface area (Å²) in [6, 6.07) is 4.48. The third kappa shape index (κ3) is 1.47. The van der Waals surface area contributed by atoms with Crippen LogP contribution in [0.4, 0.5) is 0 Å². The summed E-state index contributed by atoms with van der Waals surface area (Å²) in [6.45, 7) is 0. The summed E-state index contributed by atoms with van der Waals surface area (Å²) >= 11 is 7.06. The highest BCUT2D eigenvalue weighted by Gasteiger charge is 2.14. The fourth-order valence-corrected chi connectivity index (χ4v) is 2.93. The van der Waals surface area contributed by atoms with Crippen molar-refractivity contribution >= 4 is 31.9 Å². The molecule has 0 N–H and O–H groups in total. The van der Waals surface area contributed by atoms with Crippen molar-refractivity contribution in [2.75, 3.05) is 0 Å². The van der Waals surface area contributed by atoms with E-state index in [1.165, 1.54) is 29.3 Å². The Hall–Kier alpha value is 0.180. The normalized spacial score (nSPS) is 14.8. The fraction of sp³-hybridized carbons (Fsp3) is 0.400. The zero-order valence-electron chi connectivity index (χ0n) is 6.74. The second-order valence-electron chi connectivity index (χ2n) is 3.19. The predicted octanol–water partition coefficient (Wildman–Crippen LogP) is 3.83. The van der Waals surface area contributed by atoms with Gasteiger partial charge in [0, 0.05) is 9.80 Å². The first-order valence-electron chi connectivity index (χ1n) is 4.17. The van der Waals surface area contributed by atoms with Crippen molar-refractivity contribution in [3.05, 3.63) is 33.3 Å². The quantitative estimate of drug-likeness (QED) is 0.689. The van der Waals surface area contributed by atoms with Crippen LogP contribution in [0.1, 0.15) is 23.1 Å². The van der Waals surface area contributed by atoms with E-state index in [0.717, 1.165) is 5.33 Å². The summed E-state index contributed by atoms with van der Waals surface area (Å²) in [7, 11) is 0. The largest absolute Gasteiger partial charge is 0.0876 e. The lowest BCUT2D eigenvalue weighted by atomic mass is 10.1. The number of fused-ring (bicyclic) bond motifs is 1. The number of rotatable bonds is 1. The standard InChI is InChI=1S/C10H10Br2/c11-6-8-5-9(12)4-7-2-1-3-10(7)8/h4-5H,1-3,6H2. The highest BCUT2D eigenvalue weighted by atomic mass is 79.9. The van der Waals surface area contributed by atoms with Gasteiger partial charge >= 0.3 is 0 Å². The molecule has 12 heavy (non-hydrogen) atoms. The molecule has 0 fully saturated rings. The maximum absolute atomic E-state index is 3.54. The second kappa shape index (κ2) is 3.51. The van der Waals surface area contributed by atoms with E-state index >= 15 is 0 Å². The first kappa shape index (κ1) is 8.76. The molecule has 0 amide bonds. The molecule has 0 spiro atoms. The van der Waals surface area contributed by atoms with Gasteiger partial charge in [-0.3, -0.25) is 0 Å². The maximum atomic E-state index is 3.54. The molecule has 0 bridgehead atoms. The van der Waals surface area contributed by atoms with Crippen LogP contribution in [0, 0.1) is 0 Å². The van der Waals surface area contributed by atoms with Crippen LogP contribution in [0.2, 0.25) is 0 Å². The van der Waals surface area contributed by atoms with Crippen LogP contribution in [0.3, 0.4) is 0 Å². The van der Waals surface area contributed by atoms with Crippen molar-refractivity contribution in [2.24, 2.45) is 0 Å². The molecule has 0 saturated carbocycles. The highest BCUT2D eigenvalue weighted by Crippen LogP contribution is 2.30. The van der Waals surface area contributed by atoms with E-state index in [4.69, 9.17) is 0 Å². The molecule has 0 aromatic heterocycles. The molecule has 0 radical (unpaired) electrons. The summed E-state index contributed by atoms with van der Waals surface area (Å²) in [5, 5.41) is 0.981. The zero-order chi connectivity index (χ0) is 8.55. The lowest BCUT2D eigenvalue weighted by Crippen LogP contribution is -1.90. The van der Waals surface area contributed by atoms with Gasteiger partial charge in [0.15, 0.2) is 0 Å². The van der Waals surface area contributed by atoms with Gasteiger partial charge in [-0.2, -0.15) is 0 Å². The number of hydrogen-bond donors (Lipinski definition) is 0. The van der Waals surface area contributed by atoms with Crippen LogP contribution in [0.25, 0.3) is 0 Å². The van der Waals surface area contributed by atoms with Gasteiger partial charge in [0.25, 0.3) is 0 Å². The lowest BCUT2D eigenvalue weighted by Gasteiger charge is -2.05. The van der Waals surface area contributed by atoms with Crippen molar-refractivity contribution in [1.29, 1.82) is 0 Å². The summed E-state index contributed by atoms with van der Waals surface area (Å²) in [5.74, 6) is 0. The van der Waals surface area contributed by atoms with Gasteiger partial charge < -0.3 is 0 Å². The summed E-state index contributed by atoms with van der Waals surface area (Å²) < 4.78 is 1.22. The van der Waals surface area contributed by atoms with E-state index in [1.807, 2.05) is 0 Å². The second-order valence-corrected chi connectivity index (χ2v) is 4.67. The van der Waals surface area contributed by atoms with Gasteiger partial charge in [0.1, 0.15) is 0 Å². The monoisotopic (exact) mass is 288 g/mol. The third-order valence-corrected chi connectivity index (χ3v) is 3.48. The molecule has 2 heteroatoms. The molecule has 0 aliphatic heterocycles. The fourth-order valence-electron chi connectivity index (χ4n) is 1.87. The Morgan fingerprint density at radius 2 is 2.08 bits per heavy atom. The van der Waals surface area contributed by atoms with E-state index < -0.39 is 0 Å². The molecule has 0 unspecified atom stereocenters. The Labute approximate surface area is 89.6 Å². The number of alkyl halides is 1. The first-order valence-corrected chi connectivity index (χ1v) is 6.09. The smallest absolute Gasteiger partial charge is 0.0286 e. The van der Waals surface area contributed by atoms with Crippen molar-refractivity contribution < 1.29 is 0 Å². The van der Waals surface area contributed by atoms with E-state index in [1.54, 1.807) is 11.1 Å². The molecule has 1 aliphatic carbocycles. The van der Waals surface area contributed by atoms with Gasteiger partial charge in [-0.05, 0) is 48.1 Å². The van der Waals surface area contributed by atoms with Crippen LogP contribution in [0.15, 0.2) is 16.6 Å². The van der Waals surface area contributed by atoms with Crippen molar-refractivity contribution in [2.45, 2.75) is 24.6 Å². The van der Waals surface area contributed by atoms with Crippen molar-refractivity contribution in [3.8, 4) is 0 Å². The molecule has 0 nitrogen and oxygen atoms in total. The Morgan fingerprint density at radius 3 is 2.83 bits per heavy atom. The van der Waals surface area contributed by atoms with Gasteiger partial charge in [0.05, 0.1) is 0 Å². The Bertz CT molecular complexity index is 305. The van der Waals surface area contributed by atoms with Crippen molar-refractivity contribution in [3.63, 3.8) is 0 Å². The Kier molecular flexibility index (Phi) is 2.56.